The number of benzene rings is 1. The Labute approximate surface area is 220 Å². The molecule has 1 atom stereocenters. The predicted molar refractivity (Wildman–Crippen MR) is 152 cm³/mol. The van der Waals surface area contributed by atoms with Gasteiger partial charge in [-0.2, -0.15) is 0 Å². The van der Waals surface area contributed by atoms with E-state index in [2.05, 4.69) is 37.0 Å². The van der Waals surface area contributed by atoms with Crippen LogP contribution in [0.4, 0.5) is 4.79 Å². The Morgan fingerprint density at radius 1 is 0.971 bits per heavy atom. The average molecular weight is 507 g/mol. The summed E-state index contributed by atoms with van der Waals surface area (Å²) in [5, 5.41) is 2.71. The summed E-state index contributed by atoms with van der Waals surface area (Å²) >= 11 is 3.94. The Bertz CT molecular complexity index is 697. The number of nitrogens with two attached hydrogens (primary N) is 1. The molecular formula is C29H50N2O3S. The van der Waals surface area contributed by atoms with Crippen LogP contribution in [0.5, 0.6) is 11.5 Å². The number of hydrogen-bond acceptors (Lipinski definition) is 4. The van der Waals surface area contributed by atoms with E-state index in [9.17, 15) is 4.79 Å². The van der Waals surface area contributed by atoms with Gasteiger partial charge in [0, 0.05) is 12.6 Å². The minimum atomic E-state index is -0.280. The Kier molecular flexibility index (Phi) is 19.4. The van der Waals surface area contributed by atoms with Crippen molar-refractivity contribution in [2.45, 2.75) is 109 Å². The highest BCUT2D eigenvalue weighted by atomic mass is 32.1. The van der Waals surface area contributed by atoms with Crippen LogP contribution in [0, 0.1) is 0 Å². The zero-order valence-corrected chi connectivity index (χ0v) is 23.1. The standard InChI is InChI=1S/C29H50N2O3S/c1-3-4-5-6-7-8-9-10-11-12-13-14-15-16-17-18-26(31-29(32)35)23-25-19-20-27(34-22-21-30)28(24-25)33-2/h10-11,19-20,24,26H,3-9,12-18,21-23,30H2,1-2H3,(H2,31,32,35). The van der Waals surface area contributed by atoms with Crippen molar-refractivity contribution in [3.8, 4) is 11.5 Å². The highest BCUT2D eigenvalue weighted by Gasteiger charge is 2.13. The highest BCUT2D eigenvalue weighted by molar-refractivity contribution is 7.96. The third kappa shape index (κ3) is 16.6. The molecule has 1 amide bonds. The normalized spacial score (nSPS) is 12.1. The first-order valence-corrected chi connectivity index (χ1v) is 14.2. The van der Waals surface area contributed by atoms with Gasteiger partial charge in [0.25, 0.3) is 5.24 Å². The van der Waals surface area contributed by atoms with E-state index in [-0.39, 0.29) is 11.3 Å². The minimum Gasteiger partial charge on any atom is -0.493 e. The molecule has 0 aliphatic rings. The van der Waals surface area contributed by atoms with Crippen LogP contribution in [0.1, 0.15) is 102 Å². The summed E-state index contributed by atoms with van der Waals surface area (Å²) in [6.45, 7) is 3.17. The van der Waals surface area contributed by atoms with Gasteiger partial charge >= 0.3 is 0 Å². The number of carbonyl (C=O) groups is 1. The number of nitrogens with one attached hydrogen (secondary N) is 1. The molecule has 200 valence electrons. The van der Waals surface area contributed by atoms with E-state index in [4.69, 9.17) is 15.2 Å². The number of unbranched alkanes of at least 4 members (excludes halogenated alkanes) is 11. The third-order valence-electron chi connectivity index (χ3n) is 6.23. The van der Waals surface area contributed by atoms with Gasteiger partial charge in [0.15, 0.2) is 11.5 Å². The number of carbonyl (C=O) groups excluding carboxylic acids is 1. The number of amides is 1. The summed E-state index contributed by atoms with van der Waals surface area (Å²) in [7, 11) is 1.63. The van der Waals surface area contributed by atoms with Crippen LogP contribution < -0.4 is 20.5 Å². The third-order valence-corrected chi connectivity index (χ3v) is 6.36. The van der Waals surface area contributed by atoms with Crippen molar-refractivity contribution in [1.82, 2.24) is 5.32 Å². The molecule has 3 N–H and O–H groups in total. The average Bonchev–Trinajstić information content (AvgIpc) is 2.85. The fourth-order valence-corrected chi connectivity index (χ4v) is 4.46. The Balaban J connectivity index is 2.24. The van der Waals surface area contributed by atoms with Crippen molar-refractivity contribution in [1.29, 1.82) is 0 Å². The molecule has 35 heavy (non-hydrogen) atoms. The second-order valence-corrected chi connectivity index (χ2v) is 9.75. The zero-order chi connectivity index (χ0) is 25.6. The van der Waals surface area contributed by atoms with Gasteiger partial charge < -0.3 is 20.5 Å². The van der Waals surface area contributed by atoms with Crippen molar-refractivity contribution in [2.75, 3.05) is 20.3 Å². The highest BCUT2D eigenvalue weighted by Crippen LogP contribution is 2.29. The first kappa shape index (κ1) is 31.4. The number of ether oxygens (including phenoxy) is 2. The summed E-state index contributed by atoms with van der Waals surface area (Å²) in [6.07, 6.45) is 23.1. The molecule has 1 aromatic rings. The van der Waals surface area contributed by atoms with Gasteiger partial charge in [-0.05, 0) is 56.2 Å². The van der Waals surface area contributed by atoms with E-state index in [1.54, 1.807) is 7.11 Å². The van der Waals surface area contributed by atoms with Crippen LogP contribution in [-0.4, -0.2) is 31.5 Å². The topological polar surface area (TPSA) is 73.6 Å². The van der Waals surface area contributed by atoms with E-state index in [0.717, 1.165) is 24.8 Å². The van der Waals surface area contributed by atoms with Crippen molar-refractivity contribution in [2.24, 2.45) is 5.73 Å². The number of rotatable bonds is 22. The molecule has 0 heterocycles. The molecule has 1 rings (SSSR count). The smallest absolute Gasteiger partial charge is 0.276 e. The summed E-state index contributed by atoms with van der Waals surface area (Å²) in [6, 6.07) is 5.96. The van der Waals surface area contributed by atoms with Crippen LogP contribution in [0.15, 0.2) is 30.4 Å². The molecule has 6 heteroatoms. The van der Waals surface area contributed by atoms with Gasteiger partial charge in [-0.1, -0.05) is 95.6 Å². The molecule has 0 aromatic heterocycles. The minimum absolute atomic E-state index is 0.0606. The number of methoxy groups -OCH3 is 1. The Morgan fingerprint density at radius 3 is 2.20 bits per heavy atom. The molecule has 0 bridgehead atoms. The first-order chi connectivity index (χ1) is 17.1. The molecule has 0 aliphatic carbocycles. The lowest BCUT2D eigenvalue weighted by Crippen LogP contribution is -2.33. The maximum absolute atomic E-state index is 11.6. The second kappa shape index (κ2) is 21.6. The monoisotopic (exact) mass is 506 g/mol. The van der Waals surface area contributed by atoms with Gasteiger partial charge in [0.05, 0.1) is 7.11 Å². The first-order valence-electron chi connectivity index (χ1n) is 13.7. The second-order valence-electron chi connectivity index (χ2n) is 9.35. The maximum atomic E-state index is 11.6. The van der Waals surface area contributed by atoms with Gasteiger partial charge in [0.1, 0.15) is 6.61 Å². The van der Waals surface area contributed by atoms with Gasteiger partial charge in [-0.15, -0.1) is 0 Å². The largest absolute Gasteiger partial charge is 0.493 e. The SMILES string of the molecule is CCCCCCCCC=CCCCCCCCC(Cc1ccc(OCCN)c(OC)c1)NC(=O)S. The predicted octanol–water partition coefficient (Wildman–Crippen LogP) is 7.62. The molecule has 0 fully saturated rings. The zero-order valence-electron chi connectivity index (χ0n) is 22.2. The lowest BCUT2D eigenvalue weighted by Gasteiger charge is -2.19. The molecule has 1 unspecified atom stereocenters. The van der Waals surface area contributed by atoms with Crippen LogP contribution in [0.2, 0.25) is 0 Å². The fraction of sp³-hybridized carbons (Fsp3) is 0.690. The number of allylic oxidation sites excluding steroid dienone is 2. The van der Waals surface area contributed by atoms with E-state index in [1.807, 2.05) is 18.2 Å². The number of thiol groups is 1. The van der Waals surface area contributed by atoms with Crippen LogP contribution in [-0.2, 0) is 6.42 Å². The molecule has 0 saturated heterocycles. The van der Waals surface area contributed by atoms with E-state index in [1.165, 1.54) is 77.0 Å². The lowest BCUT2D eigenvalue weighted by molar-refractivity contribution is 0.256. The van der Waals surface area contributed by atoms with Crippen LogP contribution >= 0.6 is 12.6 Å². The Morgan fingerprint density at radius 2 is 1.60 bits per heavy atom. The van der Waals surface area contributed by atoms with Crippen molar-refractivity contribution >= 4 is 17.9 Å². The van der Waals surface area contributed by atoms with Gasteiger partial charge in [-0.25, -0.2) is 0 Å². The summed E-state index contributed by atoms with van der Waals surface area (Å²) < 4.78 is 11.1. The van der Waals surface area contributed by atoms with E-state index in [0.29, 0.717) is 24.7 Å². The summed E-state index contributed by atoms with van der Waals surface area (Å²) in [5.41, 5.74) is 6.62. The van der Waals surface area contributed by atoms with Crippen molar-refractivity contribution in [3.63, 3.8) is 0 Å². The quantitative estimate of drug-likeness (QED) is 0.0859. The van der Waals surface area contributed by atoms with Gasteiger partial charge in [0.2, 0.25) is 0 Å². The van der Waals surface area contributed by atoms with Crippen LogP contribution in [0.3, 0.4) is 0 Å². The summed E-state index contributed by atoms with van der Waals surface area (Å²) in [4.78, 5) is 11.6. The van der Waals surface area contributed by atoms with Crippen molar-refractivity contribution < 1.29 is 14.3 Å². The molecule has 0 aliphatic heterocycles. The molecule has 5 nitrogen and oxygen atoms in total. The number of hydrogen-bond donors (Lipinski definition) is 3. The van der Waals surface area contributed by atoms with E-state index < -0.39 is 0 Å². The molecule has 0 saturated carbocycles. The Hall–Kier alpha value is -1.66. The molecule has 1 aromatic carbocycles. The van der Waals surface area contributed by atoms with Gasteiger partial charge in [-0.3, -0.25) is 4.79 Å². The molecular weight excluding hydrogens is 456 g/mol. The fourth-order valence-electron chi connectivity index (χ4n) is 4.27. The van der Waals surface area contributed by atoms with E-state index >= 15 is 0 Å². The maximum Gasteiger partial charge on any atom is 0.276 e. The van der Waals surface area contributed by atoms with Crippen LogP contribution in [0.25, 0.3) is 0 Å². The van der Waals surface area contributed by atoms with Crippen molar-refractivity contribution in [3.05, 3.63) is 35.9 Å². The molecule has 0 spiro atoms. The molecule has 0 radical (unpaired) electrons. The lowest BCUT2D eigenvalue weighted by atomic mass is 9.99. The summed E-state index contributed by atoms with van der Waals surface area (Å²) in [5.74, 6) is 1.38.